The molecule has 0 aliphatic carbocycles. The number of aryl methyl sites for hydroxylation is 1. The summed E-state index contributed by atoms with van der Waals surface area (Å²) < 4.78 is 6.35. The highest BCUT2D eigenvalue weighted by Crippen LogP contribution is 2.36. The highest BCUT2D eigenvalue weighted by Gasteiger charge is 2.09. The van der Waals surface area contributed by atoms with Gasteiger partial charge in [0.25, 0.3) is 0 Å². The van der Waals surface area contributed by atoms with E-state index in [0.717, 1.165) is 11.3 Å². The minimum Gasteiger partial charge on any atom is -0.437 e. The lowest BCUT2D eigenvalue weighted by molar-refractivity contribution is 0.461. The zero-order valence-corrected chi connectivity index (χ0v) is 13.7. The minimum atomic E-state index is 0.421. The van der Waals surface area contributed by atoms with E-state index in [1.165, 1.54) is 0 Å². The highest BCUT2D eigenvalue weighted by molar-refractivity contribution is 9.10. The van der Waals surface area contributed by atoms with Gasteiger partial charge in [0.05, 0.1) is 10.0 Å². The van der Waals surface area contributed by atoms with Crippen LogP contribution in [0, 0.1) is 6.92 Å². The van der Waals surface area contributed by atoms with Gasteiger partial charge < -0.3 is 4.74 Å². The Kier molecular flexibility index (Phi) is 4.96. The maximum atomic E-state index is 6.09. The Bertz CT molecular complexity index is 619. The Morgan fingerprint density at radius 3 is 2.58 bits per heavy atom. The third kappa shape index (κ3) is 3.54. The van der Waals surface area contributed by atoms with E-state index in [9.17, 15) is 0 Å². The average molecular weight is 381 g/mol. The van der Waals surface area contributed by atoms with Crippen LogP contribution in [0.5, 0.6) is 11.6 Å². The molecule has 2 nitrogen and oxygen atoms in total. The standard InChI is InChI=1S/C13H9BrCl3NO/c1-7-8(6-15)2-3-13(18-7)19-12-5-10(16)9(14)4-11(12)17/h2-5H,6H2,1H3. The van der Waals surface area contributed by atoms with Crippen LogP contribution in [0.15, 0.2) is 28.7 Å². The fourth-order valence-electron chi connectivity index (χ4n) is 1.46. The van der Waals surface area contributed by atoms with E-state index in [-0.39, 0.29) is 0 Å². The first kappa shape index (κ1) is 14.9. The summed E-state index contributed by atoms with van der Waals surface area (Å²) in [6, 6.07) is 6.94. The molecule has 0 aliphatic heterocycles. The van der Waals surface area contributed by atoms with Crippen molar-refractivity contribution in [1.29, 1.82) is 0 Å². The van der Waals surface area contributed by atoms with E-state index in [0.29, 0.717) is 32.0 Å². The van der Waals surface area contributed by atoms with Crippen molar-refractivity contribution >= 4 is 50.7 Å². The number of hydrogen-bond acceptors (Lipinski definition) is 2. The van der Waals surface area contributed by atoms with Crippen LogP contribution in [0.4, 0.5) is 0 Å². The summed E-state index contributed by atoms with van der Waals surface area (Å²) in [6.45, 7) is 1.88. The highest BCUT2D eigenvalue weighted by atomic mass is 79.9. The third-order valence-corrected chi connectivity index (χ3v) is 4.28. The van der Waals surface area contributed by atoms with E-state index >= 15 is 0 Å². The van der Waals surface area contributed by atoms with Crippen LogP contribution in [-0.2, 0) is 5.88 Å². The molecule has 0 N–H and O–H groups in total. The molecule has 0 fully saturated rings. The second-order valence-corrected chi connectivity index (χ2v) is 5.76. The fraction of sp³-hybridized carbons (Fsp3) is 0.154. The van der Waals surface area contributed by atoms with Gasteiger partial charge in [0.1, 0.15) is 5.75 Å². The lowest BCUT2D eigenvalue weighted by atomic mass is 10.2. The molecular weight excluding hydrogens is 372 g/mol. The van der Waals surface area contributed by atoms with Crippen molar-refractivity contribution in [1.82, 2.24) is 4.98 Å². The molecule has 0 bridgehead atoms. The zero-order chi connectivity index (χ0) is 14.0. The molecule has 0 saturated carbocycles. The molecule has 0 atom stereocenters. The minimum absolute atomic E-state index is 0.421. The number of pyridine rings is 1. The Morgan fingerprint density at radius 1 is 1.21 bits per heavy atom. The number of nitrogens with zero attached hydrogens (tertiary/aromatic N) is 1. The van der Waals surface area contributed by atoms with Gasteiger partial charge in [-0.3, -0.25) is 0 Å². The molecule has 0 spiro atoms. The average Bonchev–Trinajstić information content (AvgIpc) is 2.36. The molecule has 6 heteroatoms. The SMILES string of the molecule is Cc1nc(Oc2cc(Cl)c(Br)cc2Cl)ccc1CCl. The number of rotatable bonds is 3. The van der Waals surface area contributed by atoms with Crippen molar-refractivity contribution in [3.8, 4) is 11.6 Å². The molecule has 0 aliphatic rings. The quantitative estimate of drug-likeness (QED) is 0.481. The van der Waals surface area contributed by atoms with Crippen molar-refractivity contribution in [2.45, 2.75) is 12.8 Å². The maximum Gasteiger partial charge on any atom is 0.219 e. The van der Waals surface area contributed by atoms with E-state index in [2.05, 4.69) is 20.9 Å². The first-order valence-electron chi connectivity index (χ1n) is 5.36. The number of halogens is 4. The number of hydrogen-bond donors (Lipinski definition) is 0. The van der Waals surface area contributed by atoms with Gasteiger partial charge in [-0.1, -0.05) is 29.3 Å². The topological polar surface area (TPSA) is 22.1 Å². The van der Waals surface area contributed by atoms with Gasteiger partial charge in [0.15, 0.2) is 0 Å². The molecule has 100 valence electrons. The van der Waals surface area contributed by atoms with Gasteiger partial charge in [-0.05, 0) is 34.5 Å². The molecule has 1 heterocycles. The van der Waals surface area contributed by atoms with Crippen molar-refractivity contribution in [2.75, 3.05) is 0 Å². The van der Waals surface area contributed by atoms with Crippen LogP contribution in [-0.4, -0.2) is 4.98 Å². The molecular formula is C13H9BrCl3NO. The molecule has 0 radical (unpaired) electrons. The van der Waals surface area contributed by atoms with E-state index < -0.39 is 0 Å². The van der Waals surface area contributed by atoms with Crippen molar-refractivity contribution < 1.29 is 4.74 Å². The smallest absolute Gasteiger partial charge is 0.219 e. The fourth-order valence-corrected chi connectivity index (χ4v) is 2.57. The summed E-state index contributed by atoms with van der Waals surface area (Å²) in [6.07, 6.45) is 0. The van der Waals surface area contributed by atoms with Crippen molar-refractivity contribution in [3.05, 3.63) is 50.0 Å². The summed E-state index contributed by atoms with van der Waals surface area (Å²) >= 11 is 21.2. The summed E-state index contributed by atoms with van der Waals surface area (Å²) in [5.74, 6) is 1.33. The Labute approximate surface area is 134 Å². The molecule has 2 aromatic rings. The van der Waals surface area contributed by atoms with E-state index in [1.807, 2.05) is 13.0 Å². The van der Waals surface area contributed by atoms with Crippen LogP contribution in [0.2, 0.25) is 10.0 Å². The van der Waals surface area contributed by atoms with Gasteiger partial charge >= 0.3 is 0 Å². The first-order chi connectivity index (χ1) is 9.01. The van der Waals surface area contributed by atoms with Gasteiger partial charge in [0, 0.05) is 28.2 Å². The monoisotopic (exact) mass is 379 g/mol. The van der Waals surface area contributed by atoms with Crippen LogP contribution in [0.25, 0.3) is 0 Å². The van der Waals surface area contributed by atoms with Gasteiger partial charge in [-0.2, -0.15) is 0 Å². The first-order valence-corrected chi connectivity index (χ1v) is 7.44. The Balaban J connectivity index is 2.31. The maximum absolute atomic E-state index is 6.09. The van der Waals surface area contributed by atoms with E-state index in [4.69, 9.17) is 39.5 Å². The van der Waals surface area contributed by atoms with Crippen LogP contribution >= 0.6 is 50.7 Å². The second kappa shape index (κ2) is 6.31. The number of benzene rings is 1. The summed E-state index contributed by atoms with van der Waals surface area (Å²) in [5.41, 5.74) is 1.79. The normalized spacial score (nSPS) is 10.6. The summed E-state index contributed by atoms with van der Waals surface area (Å²) in [5, 5.41) is 0.977. The number of ether oxygens (including phenoxy) is 1. The van der Waals surface area contributed by atoms with Gasteiger partial charge in [-0.15, -0.1) is 11.6 Å². The molecule has 19 heavy (non-hydrogen) atoms. The molecule has 1 aromatic carbocycles. The molecule has 0 unspecified atom stereocenters. The molecule has 2 rings (SSSR count). The zero-order valence-electron chi connectivity index (χ0n) is 9.88. The summed E-state index contributed by atoms with van der Waals surface area (Å²) in [4.78, 5) is 4.31. The van der Waals surface area contributed by atoms with Crippen LogP contribution in [0.3, 0.4) is 0 Å². The molecule has 0 amide bonds. The predicted octanol–water partition coefficient (Wildman–Crippen LogP) is 5.99. The predicted molar refractivity (Wildman–Crippen MR) is 82.8 cm³/mol. The Hall–Kier alpha value is -0.480. The van der Waals surface area contributed by atoms with Gasteiger partial charge in [0.2, 0.25) is 5.88 Å². The lowest BCUT2D eigenvalue weighted by Crippen LogP contribution is -1.94. The molecule has 0 saturated heterocycles. The molecule has 1 aromatic heterocycles. The van der Waals surface area contributed by atoms with Crippen LogP contribution in [0.1, 0.15) is 11.3 Å². The van der Waals surface area contributed by atoms with Gasteiger partial charge in [-0.25, -0.2) is 4.98 Å². The van der Waals surface area contributed by atoms with E-state index in [1.54, 1.807) is 18.2 Å². The number of aromatic nitrogens is 1. The van der Waals surface area contributed by atoms with Crippen molar-refractivity contribution in [3.63, 3.8) is 0 Å². The van der Waals surface area contributed by atoms with Crippen LogP contribution < -0.4 is 4.74 Å². The van der Waals surface area contributed by atoms with Crippen molar-refractivity contribution in [2.24, 2.45) is 0 Å². The lowest BCUT2D eigenvalue weighted by Gasteiger charge is -2.10. The largest absolute Gasteiger partial charge is 0.437 e. The Morgan fingerprint density at radius 2 is 1.95 bits per heavy atom. The second-order valence-electron chi connectivity index (χ2n) is 3.83. The number of alkyl halides is 1. The third-order valence-electron chi connectivity index (χ3n) is 2.50. The summed E-state index contributed by atoms with van der Waals surface area (Å²) in [7, 11) is 0.